The Labute approximate surface area is 125 Å². The third-order valence-corrected chi connectivity index (χ3v) is 3.47. The van der Waals surface area contributed by atoms with Crippen LogP contribution >= 0.6 is 27.5 Å². The molecule has 0 fully saturated rings. The molecule has 0 saturated heterocycles. The summed E-state index contributed by atoms with van der Waals surface area (Å²) in [5, 5.41) is 10.6. The summed E-state index contributed by atoms with van der Waals surface area (Å²) in [6.45, 7) is 0.157. The Balaban J connectivity index is 2.00. The molecule has 0 saturated carbocycles. The molecule has 0 aliphatic heterocycles. The molecule has 2 aromatic carbocycles. The fourth-order valence-electron chi connectivity index (χ4n) is 1.58. The Bertz CT molecular complexity index is 560. The van der Waals surface area contributed by atoms with Crippen molar-refractivity contribution in [2.24, 2.45) is 0 Å². The van der Waals surface area contributed by atoms with E-state index in [1.807, 2.05) is 0 Å². The van der Waals surface area contributed by atoms with Crippen molar-refractivity contribution in [1.82, 2.24) is 0 Å². The van der Waals surface area contributed by atoms with E-state index in [-0.39, 0.29) is 6.61 Å². The molecule has 3 nitrogen and oxygen atoms in total. The van der Waals surface area contributed by atoms with Gasteiger partial charge in [-0.05, 0) is 51.8 Å². The first-order chi connectivity index (χ1) is 9.06. The van der Waals surface area contributed by atoms with Crippen LogP contribution in [0.5, 0.6) is 5.75 Å². The number of anilines is 1. The molecule has 0 aliphatic carbocycles. The lowest BCUT2D eigenvalue weighted by Crippen LogP contribution is -2.10. The third kappa shape index (κ3) is 3.86. The van der Waals surface area contributed by atoms with Gasteiger partial charge in [-0.25, -0.2) is 0 Å². The number of ether oxygens (including phenoxy) is 1. The van der Waals surface area contributed by atoms with Crippen molar-refractivity contribution in [2.45, 2.75) is 6.10 Å². The van der Waals surface area contributed by atoms with Gasteiger partial charge in [0, 0.05) is 10.7 Å². The Morgan fingerprint density at radius 1 is 1.21 bits per heavy atom. The van der Waals surface area contributed by atoms with Crippen molar-refractivity contribution < 1.29 is 9.84 Å². The van der Waals surface area contributed by atoms with E-state index in [4.69, 9.17) is 22.1 Å². The van der Waals surface area contributed by atoms with E-state index < -0.39 is 6.10 Å². The molecular weight excluding hydrogens is 330 g/mol. The lowest BCUT2D eigenvalue weighted by molar-refractivity contribution is 0.108. The normalized spacial score (nSPS) is 12.2. The first-order valence-electron chi connectivity index (χ1n) is 5.67. The summed E-state index contributed by atoms with van der Waals surface area (Å²) < 4.78 is 6.31. The fourth-order valence-corrected chi connectivity index (χ4v) is 2.37. The molecule has 0 amide bonds. The highest BCUT2D eigenvalue weighted by Crippen LogP contribution is 2.28. The highest BCUT2D eigenvalue weighted by Gasteiger charge is 2.09. The van der Waals surface area contributed by atoms with Gasteiger partial charge in [0.05, 0.1) is 4.47 Å². The number of aliphatic hydroxyl groups excluding tert-OH is 1. The summed E-state index contributed by atoms with van der Waals surface area (Å²) in [4.78, 5) is 0. The van der Waals surface area contributed by atoms with Crippen LogP contribution in [-0.2, 0) is 0 Å². The molecule has 0 heterocycles. The molecule has 3 N–H and O–H groups in total. The first-order valence-corrected chi connectivity index (χ1v) is 6.84. The zero-order valence-corrected chi connectivity index (χ0v) is 12.4. The van der Waals surface area contributed by atoms with Crippen LogP contribution < -0.4 is 10.5 Å². The van der Waals surface area contributed by atoms with Gasteiger partial charge in [-0.15, -0.1) is 0 Å². The number of benzene rings is 2. The van der Waals surface area contributed by atoms with E-state index in [0.29, 0.717) is 16.5 Å². The monoisotopic (exact) mass is 341 g/mol. The molecule has 19 heavy (non-hydrogen) atoms. The third-order valence-electron chi connectivity index (χ3n) is 2.61. The Morgan fingerprint density at radius 2 is 1.89 bits per heavy atom. The number of hydrogen-bond donors (Lipinski definition) is 2. The highest BCUT2D eigenvalue weighted by atomic mass is 79.9. The quantitative estimate of drug-likeness (QED) is 0.831. The van der Waals surface area contributed by atoms with Gasteiger partial charge in [-0.1, -0.05) is 23.7 Å². The molecular formula is C14H13BrClNO2. The largest absolute Gasteiger partial charge is 0.489 e. The van der Waals surface area contributed by atoms with Crippen molar-refractivity contribution in [3.8, 4) is 5.75 Å². The maximum atomic E-state index is 10.0. The van der Waals surface area contributed by atoms with Crippen LogP contribution in [0, 0.1) is 0 Å². The van der Waals surface area contributed by atoms with E-state index in [9.17, 15) is 5.11 Å². The number of hydrogen-bond acceptors (Lipinski definition) is 3. The molecule has 2 aromatic rings. The van der Waals surface area contributed by atoms with Crippen molar-refractivity contribution in [1.29, 1.82) is 0 Å². The molecule has 1 unspecified atom stereocenters. The van der Waals surface area contributed by atoms with Crippen LogP contribution in [0.2, 0.25) is 5.02 Å². The number of nitrogens with two attached hydrogens (primary N) is 1. The maximum Gasteiger partial charge on any atom is 0.133 e. The number of nitrogen functional groups attached to an aromatic ring is 1. The van der Waals surface area contributed by atoms with Gasteiger partial charge in [0.1, 0.15) is 18.5 Å². The van der Waals surface area contributed by atoms with E-state index in [1.165, 1.54) is 0 Å². The average Bonchev–Trinajstić information content (AvgIpc) is 2.38. The maximum absolute atomic E-state index is 10.0. The minimum Gasteiger partial charge on any atom is -0.489 e. The Kier molecular flexibility index (Phi) is 4.69. The van der Waals surface area contributed by atoms with Crippen LogP contribution in [-0.4, -0.2) is 11.7 Å². The summed E-state index contributed by atoms with van der Waals surface area (Å²) >= 11 is 9.20. The zero-order chi connectivity index (χ0) is 13.8. The van der Waals surface area contributed by atoms with Gasteiger partial charge < -0.3 is 15.6 Å². The summed E-state index contributed by atoms with van der Waals surface area (Å²) in [6.07, 6.45) is -0.705. The van der Waals surface area contributed by atoms with Gasteiger partial charge >= 0.3 is 0 Å². The van der Waals surface area contributed by atoms with Crippen molar-refractivity contribution in [2.75, 3.05) is 12.3 Å². The topological polar surface area (TPSA) is 55.5 Å². The van der Waals surface area contributed by atoms with E-state index in [2.05, 4.69) is 15.9 Å². The molecule has 2 rings (SSSR count). The molecule has 0 radical (unpaired) electrons. The Morgan fingerprint density at radius 3 is 2.53 bits per heavy atom. The van der Waals surface area contributed by atoms with Crippen molar-refractivity contribution >= 4 is 33.2 Å². The number of aliphatic hydroxyl groups is 1. The molecule has 1 atom stereocenters. The van der Waals surface area contributed by atoms with E-state index in [1.54, 1.807) is 42.5 Å². The van der Waals surface area contributed by atoms with Gasteiger partial charge in [0.25, 0.3) is 0 Å². The summed E-state index contributed by atoms with van der Waals surface area (Å²) in [7, 11) is 0. The lowest BCUT2D eigenvalue weighted by atomic mass is 10.1. The van der Waals surface area contributed by atoms with Gasteiger partial charge in [-0.3, -0.25) is 0 Å². The van der Waals surface area contributed by atoms with Crippen LogP contribution in [0.15, 0.2) is 46.9 Å². The molecule has 5 heteroatoms. The van der Waals surface area contributed by atoms with Gasteiger partial charge in [0.15, 0.2) is 0 Å². The standard InChI is InChI=1S/C14H13BrClNO2/c15-12-7-10(16)3-6-14(12)19-8-13(18)9-1-4-11(17)5-2-9/h1-7,13,18H,8,17H2. The van der Waals surface area contributed by atoms with Crippen LogP contribution in [0.3, 0.4) is 0 Å². The fraction of sp³-hybridized carbons (Fsp3) is 0.143. The molecule has 0 aliphatic rings. The van der Waals surface area contributed by atoms with E-state index in [0.717, 1.165) is 10.0 Å². The minimum absolute atomic E-state index is 0.157. The number of halogens is 2. The highest BCUT2D eigenvalue weighted by molar-refractivity contribution is 9.10. The summed E-state index contributed by atoms with van der Waals surface area (Å²) in [5.41, 5.74) is 7.02. The van der Waals surface area contributed by atoms with Crippen molar-refractivity contribution in [3.05, 3.63) is 57.5 Å². The first kappa shape index (κ1) is 14.2. The number of rotatable bonds is 4. The summed E-state index contributed by atoms with van der Waals surface area (Å²) in [6, 6.07) is 12.3. The second-order valence-corrected chi connectivity index (χ2v) is 5.36. The molecule has 100 valence electrons. The zero-order valence-electron chi connectivity index (χ0n) is 10.0. The van der Waals surface area contributed by atoms with Crippen LogP contribution in [0.1, 0.15) is 11.7 Å². The second-order valence-electron chi connectivity index (χ2n) is 4.07. The van der Waals surface area contributed by atoms with Crippen LogP contribution in [0.25, 0.3) is 0 Å². The predicted octanol–water partition coefficient (Wildman–Crippen LogP) is 3.80. The average molecular weight is 343 g/mol. The second kappa shape index (κ2) is 6.28. The van der Waals surface area contributed by atoms with Crippen LogP contribution in [0.4, 0.5) is 5.69 Å². The summed E-state index contributed by atoms with van der Waals surface area (Å²) in [5.74, 6) is 0.638. The van der Waals surface area contributed by atoms with E-state index >= 15 is 0 Å². The smallest absolute Gasteiger partial charge is 0.133 e. The van der Waals surface area contributed by atoms with Crippen molar-refractivity contribution in [3.63, 3.8) is 0 Å². The SMILES string of the molecule is Nc1ccc(C(O)COc2ccc(Cl)cc2Br)cc1. The molecule has 0 spiro atoms. The van der Waals surface area contributed by atoms with Gasteiger partial charge in [0.2, 0.25) is 0 Å². The molecule has 0 bridgehead atoms. The lowest BCUT2D eigenvalue weighted by Gasteiger charge is -2.14. The van der Waals surface area contributed by atoms with Gasteiger partial charge in [-0.2, -0.15) is 0 Å². The minimum atomic E-state index is -0.705. The predicted molar refractivity (Wildman–Crippen MR) is 80.5 cm³/mol. The Hall–Kier alpha value is -1.23. The molecule has 0 aromatic heterocycles.